The smallest absolute Gasteiger partial charge is 0.275 e. The molecule has 5 heteroatoms. The first-order chi connectivity index (χ1) is 9.91. The van der Waals surface area contributed by atoms with Gasteiger partial charge in [0.2, 0.25) is 0 Å². The maximum Gasteiger partial charge on any atom is 0.275 e. The highest BCUT2D eigenvalue weighted by Gasteiger charge is 2.39. The number of hydrogen-bond acceptors (Lipinski definition) is 4. The van der Waals surface area contributed by atoms with E-state index >= 15 is 0 Å². The van der Waals surface area contributed by atoms with Crippen molar-refractivity contribution in [1.82, 2.24) is 9.91 Å². The third-order valence-electron chi connectivity index (χ3n) is 4.67. The van der Waals surface area contributed by atoms with Crippen LogP contribution < -0.4 is 0 Å². The maximum absolute atomic E-state index is 12.2. The molecule has 1 amide bonds. The first-order valence-corrected chi connectivity index (χ1v) is 7.23. The molecule has 0 aromatic heterocycles. The number of hydrazone groups is 1. The maximum atomic E-state index is 12.2. The molecule has 2 atom stereocenters. The molecule has 3 aliphatic rings. The van der Waals surface area contributed by atoms with Crippen molar-refractivity contribution in [1.29, 1.82) is 0 Å². The SMILES string of the molecule is CC1=C(C)N(C)/C(=C\C=C2\C(=O)N(C)N=C2C2CO2)C1C. The molecule has 112 valence electrons. The first-order valence-electron chi connectivity index (χ1n) is 7.23. The minimum absolute atomic E-state index is 0.0103. The van der Waals surface area contributed by atoms with E-state index in [0.717, 1.165) is 5.71 Å². The second-order valence-corrected chi connectivity index (χ2v) is 5.86. The Morgan fingerprint density at radius 1 is 1.29 bits per heavy atom. The number of nitrogens with zero attached hydrogens (tertiary/aromatic N) is 3. The average Bonchev–Trinajstić information content (AvgIpc) is 3.23. The summed E-state index contributed by atoms with van der Waals surface area (Å²) in [7, 11) is 3.74. The number of ether oxygens (including phenoxy) is 1. The van der Waals surface area contributed by atoms with E-state index in [4.69, 9.17) is 4.74 Å². The highest BCUT2D eigenvalue weighted by Crippen LogP contribution is 2.35. The zero-order chi connectivity index (χ0) is 15.3. The van der Waals surface area contributed by atoms with Gasteiger partial charge in [0.15, 0.2) is 0 Å². The molecule has 1 saturated heterocycles. The Morgan fingerprint density at radius 2 is 1.95 bits per heavy atom. The second-order valence-electron chi connectivity index (χ2n) is 5.86. The topological polar surface area (TPSA) is 48.4 Å². The molecule has 21 heavy (non-hydrogen) atoms. The number of carbonyl (C=O) groups excluding carboxylic acids is 1. The number of likely N-dealkylation sites (N-methyl/N-ethyl adjacent to an activating group) is 1. The Kier molecular flexibility index (Phi) is 3.24. The van der Waals surface area contributed by atoms with Gasteiger partial charge in [-0.2, -0.15) is 5.10 Å². The summed E-state index contributed by atoms with van der Waals surface area (Å²) in [5.74, 6) is 0.311. The molecular weight excluding hydrogens is 266 g/mol. The van der Waals surface area contributed by atoms with E-state index in [1.165, 1.54) is 22.0 Å². The summed E-state index contributed by atoms with van der Waals surface area (Å²) in [4.78, 5) is 14.4. The average molecular weight is 287 g/mol. The fourth-order valence-electron chi connectivity index (χ4n) is 2.85. The second kappa shape index (κ2) is 4.84. The number of carbonyl (C=O) groups is 1. The number of allylic oxidation sites excluding steroid dienone is 4. The Hall–Kier alpha value is -1.88. The van der Waals surface area contributed by atoms with Crippen molar-refractivity contribution < 1.29 is 9.53 Å². The quantitative estimate of drug-likeness (QED) is 0.576. The van der Waals surface area contributed by atoms with Gasteiger partial charge in [-0.05, 0) is 31.6 Å². The number of amides is 1. The molecule has 0 aliphatic carbocycles. The molecule has 0 N–H and O–H groups in total. The lowest BCUT2D eigenvalue weighted by molar-refractivity contribution is -0.124. The van der Waals surface area contributed by atoms with Crippen LogP contribution in [0.25, 0.3) is 0 Å². The summed E-state index contributed by atoms with van der Waals surface area (Å²) in [5.41, 5.74) is 5.26. The molecule has 5 nitrogen and oxygen atoms in total. The molecule has 0 bridgehead atoms. The van der Waals surface area contributed by atoms with Crippen molar-refractivity contribution in [2.24, 2.45) is 11.0 Å². The van der Waals surface area contributed by atoms with E-state index in [9.17, 15) is 4.79 Å². The summed E-state index contributed by atoms with van der Waals surface area (Å²) >= 11 is 0. The Morgan fingerprint density at radius 3 is 2.48 bits per heavy atom. The summed E-state index contributed by atoms with van der Waals surface area (Å²) < 4.78 is 5.28. The zero-order valence-corrected chi connectivity index (χ0v) is 13.2. The van der Waals surface area contributed by atoms with Gasteiger partial charge in [-0.25, -0.2) is 5.01 Å². The Bertz CT molecular complexity index is 603. The Balaban J connectivity index is 1.91. The summed E-state index contributed by atoms with van der Waals surface area (Å²) in [6.07, 6.45) is 3.92. The minimum Gasteiger partial charge on any atom is -0.366 e. The van der Waals surface area contributed by atoms with Gasteiger partial charge in [-0.15, -0.1) is 0 Å². The molecule has 0 radical (unpaired) electrons. The Labute approximate surface area is 125 Å². The van der Waals surface area contributed by atoms with Crippen LogP contribution in [0.1, 0.15) is 20.8 Å². The summed E-state index contributed by atoms with van der Waals surface area (Å²) in [5, 5.41) is 5.67. The van der Waals surface area contributed by atoms with Crippen LogP contribution in [0.2, 0.25) is 0 Å². The third-order valence-corrected chi connectivity index (χ3v) is 4.67. The molecule has 0 spiro atoms. The number of hydrogen-bond donors (Lipinski definition) is 0. The van der Waals surface area contributed by atoms with Gasteiger partial charge in [0.25, 0.3) is 5.91 Å². The van der Waals surface area contributed by atoms with Crippen LogP contribution >= 0.6 is 0 Å². The molecule has 0 aromatic rings. The van der Waals surface area contributed by atoms with Crippen molar-refractivity contribution in [2.45, 2.75) is 26.9 Å². The first kappa shape index (κ1) is 14.1. The van der Waals surface area contributed by atoms with E-state index in [-0.39, 0.29) is 12.0 Å². The van der Waals surface area contributed by atoms with Crippen LogP contribution in [-0.4, -0.2) is 48.3 Å². The van der Waals surface area contributed by atoms with E-state index in [2.05, 4.69) is 37.8 Å². The van der Waals surface area contributed by atoms with Gasteiger partial charge in [0.1, 0.15) is 11.8 Å². The molecule has 3 heterocycles. The predicted molar refractivity (Wildman–Crippen MR) is 81.4 cm³/mol. The van der Waals surface area contributed by atoms with Crippen LogP contribution in [0.3, 0.4) is 0 Å². The van der Waals surface area contributed by atoms with Crippen LogP contribution in [0.5, 0.6) is 0 Å². The number of epoxide rings is 1. The third kappa shape index (κ3) is 2.21. The molecule has 2 unspecified atom stereocenters. The molecule has 3 aliphatic heterocycles. The summed E-state index contributed by atoms with van der Waals surface area (Å²) in [6.45, 7) is 7.13. The van der Waals surface area contributed by atoms with E-state index in [1.54, 1.807) is 7.05 Å². The lowest BCUT2D eigenvalue weighted by Gasteiger charge is -2.17. The van der Waals surface area contributed by atoms with Gasteiger partial charge >= 0.3 is 0 Å². The van der Waals surface area contributed by atoms with Crippen molar-refractivity contribution in [3.8, 4) is 0 Å². The van der Waals surface area contributed by atoms with Crippen LogP contribution in [-0.2, 0) is 9.53 Å². The molecule has 0 aromatic carbocycles. The van der Waals surface area contributed by atoms with Gasteiger partial charge < -0.3 is 9.64 Å². The molecular formula is C16H21N3O2. The van der Waals surface area contributed by atoms with Gasteiger partial charge in [-0.3, -0.25) is 4.79 Å². The van der Waals surface area contributed by atoms with Gasteiger partial charge in [0, 0.05) is 31.4 Å². The van der Waals surface area contributed by atoms with E-state index < -0.39 is 0 Å². The molecule has 1 fully saturated rings. The monoisotopic (exact) mass is 287 g/mol. The van der Waals surface area contributed by atoms with Crippen LogP contribution in [0, 0.1) is 5.92 Å². The fraction of sp³-hybridized carbons (Fsp3) is 0.500. The van der Waals surface area contributed by atoms with Gasteiger partial charge in [-0.1, -0.05) is 6.92 Å². The summed E-state index contributed by atoms with van der Waals surface area (Å²) in [6, 6.07) is 0. The van der Waals surface area contributed by atoms with Crippen LogP contribution in [0.15, 0.2) is 39.8 Å². The van der Waals surface area contributed by atoms with Crippen LogP contribution in [0.4, 0.5) is 0 Å². The largest absolute Gasteiger partial charge is 0.366 e. The van der Waals surface area contributed by atoms with Crippen molar-refractivity contribution in [2.75, 3.05) is 20.7 Å². The molecule has 3 rings (SSSR count). The lowest BCUT2D eigenvalue weighted by Crippen LogP contribution is -2.18. The predicted octanol–water partition coefficient (Wildman–Crippen LogP) is 1.90. The highest BCUT2D eigenvalue weighted by atomic mass is 16.6. The van der Waals surface area contributed by atoms with Crippen molar-refractivity contribution >= 4 is 11.6 Å². The van der Waals surface area contributed by atoms with E-state index in [0.29, 0.717) is 18.1 Å². The standard InChI is InChI=1S/C16H21N3O2/c1-9-10(2)13(18(4)11(9)3)7-6-12-15(14-8-21-14)17-19(5)16(12)20/h6-7,10,14H,8H2,1-5H3/b12-6+,13-7-. The zero-order valence-electron chi connectivity index (χ0n) is 13.2. The van der Waals surface area contributed by atoms with Gasteiger partial charge in [0.05, 0.1) is 12.2 Å². The fourth-order valence-corrected chi connectivity index (χ4v) is 2.85. The normalized spacial score (nSPS) is 32.8. The lowest BCUT2D eigenvalue weighted by atomic mass is 10.0. The van der Waals surface area contributed by atoms with Crippen molar-refractivity contribution in [3.05, 3.63) is 34.7 Å². The van der Waals surface area contributed by atoms with Crippen molar-refractivity contribution in [3.63, 3.8) is 0 Å². The minimum atomic E-state index is -0.0629. The van der Waals surface area contributed by atoms with E-state index in [1.807, 2.05) is 12.2 Å². The number of rotatable bonds is 2. The molecule has 0 saturated carbocycles. The highest BCUT2D eigenvalue weighted by molar-refractivity contribution is 6.26.